The van der Waals surface area contributed by atoms with Crippen molar-refractivity contribution in [2.24, 2.45) is 0 Å². The van der Waals surface area contributed by atoms with Crippen molar-refractivity contribution < 1.29 is 22.4 Å². The first-order chi connectivity index (χ1) is 14.7. The van der Waals surface area contributed by atoms with Crippen molar-refractivity contribution in [3.05, 3.63) is 77.2 Å². The third-order valence-corrected chi connectivity index (χ3v) is 5.51. The molecule has 0 unspecified atom stereocenters. The summed E-state index contributed by atoms with van der Waals surface area (Å²) in [6.07, 6.45) is -4.39. The number of piperazine rings is 1. The summed E-state index contributed by atoms with van der Waals surface area (Å²) in [4.78, 5) is 19.8. The molecule has 8 heteroatoms. The molecule has 2 aromatic carbocycles. The zero-order valence-corrected chi connectivity index (χ0v) is 16.8. The number of aromatic nitrogens is 1. The van der Waals surface area contributed by atoms with Gasteiger partial charge in [0.25, 0.3) is 5.91 Å². The molecule has 4 nitrogen and oxygen atoms in total. The molecular weight excluding hydrogens is 410 g/mol. The molecule has 1 aliphatic heterocycles. The molecule has 31 heavy (non-hydrogen) atoms. The second kappa shape index (κ2) is 8.09. The summed E-state index contributed by atoms with van der Waals surface area (Å²) in [6.45, 7) is 3.51. The van der Waals surface area contributed by atoms with Crippen LogP contribution in [0.1, 0.15) is 21.6 Å². The van der Waals surface area contributed by atoms with Gasteiger partial charge in [-0.05, 0) is 61.0 Å². The van der Waals surface area contributed by atoms with Gasteiger partial charge in [0.05, 0.1) is 11.1 Å². The number of halogens is 4. The quantitative estimate of drug-likeness (QED) is 0.586. The molecule has 0 bridgehead atoms. The highest BCUT2D eigenvalue weighted by Gasteiger charge is 2.31. The molecule has 1 N–H and O–H groups in total. The number of anilines is 1. The summed E-state index contributed by atoms with van der Waals surface area (Å²) >= 11 is 0. The number of rotatable bonds is 3. The molecular formula is C23H21F4N3O. The molecule has 1 aliphatic rings. The highest BCUT2D eigenvalue weighted by molar-refractivity contribution is 5.97. The van der Waals surface area contributed by atoms with Gasteiger partial charge >= 0.3 is 6.18 Å². The Kier molecular flexibility index (Phi) is 5.47. The van der Waals surface area contributed by atoms with E-state index in [1.54, 1.807) is 36.1 Å². The van der Waals surface area contributed by atoms with Crippen LogP contribution in [0, 0.1) is 12.7 Å². The van der Waals surface area contributed by atoms with Gasteiger partial charge in [-0.2, -0.15) is 13.2 Å². The van der Waals surface area contributed by atoms with Crippen LogP contribution in [0.25, 0.3) is 11.3 Å². The second-order valence-corrected chi connectivity index (χ2v) is 7.56. The summed E-state index contributed by atoms with van der Waals surface area (Å²) in [6, 6.07) is 13.0. The average Bonchev–Trinajstić information content (AvgIpc) is 3.15. The number of nitrogens with one attached hydrogen (secondary N) is 1. The summed E-state index contributed by atoms with van der Waals surface area (Å²) in [5.74, 6) is -0.465. The third-order valence-electron chi connectivity index (χ3n) is 5.51. The Morgan fingerprint density at radius 3 is 2.29 bits per heavy atom. The standard InChI is InChI=1S/C23H21F4N3O/c1-15-20(14-21(28-15)16-5-7-18(24)8-6-16)22(31)30-11-9-29(10-12-30)19-4-2-3-17(13-19)23(25,26)27/h2-8,13-14,28H,9-12H2,1H3. The lowest BCUT2D eigenvalue weighted by atomic mass is 10.1. The van der Waals surface area contributed by atoms with E-state index in [4.69, 9.17) is 0 Å². The van der Waals surface area contributed by atoms with Gasteiger partial charge in [0, 0.05) is 43.3 Å². The smallest absolute Gasteiger partial charge is 0.368 e. The molecule has 0 radical (unpaired) electrons. The molecule has 0 spiro atoms. The number of H-pyrrole nitrogens is 1. The number of carbonyl (C=O) groups is 1. The molecule has 162 valence electrons. The number of aryl methyl sites for hydroxylation is 1. The molecule has 2 heterocycles. The number of hydrogen-bond acceptors (Lipinski definition) is 2. The number of carbonyl (C=O) groups excluding carboxylic acids is 1. The number of benzene rings is 2. The van der Waals surface area contributed by atoms with Crippen molar-refractivity contribution in [3.63, 3.8) is 0 Å². The second-order valence-electron chi connectivity index (χ2n) is 7.56. The molecule has 0 aliphatic carbocycles. The zero-order chi connectivity index (χ0) is 22.2. The average molecular weight is 431 g/mol. The van der Waals surface area contributed by atoms with Gasteiger partial charge in [-0.1, -0.05) is 6.07 Å². The first-order valence-corrected chi connectivity index (χ1v) is 9.89. The van der Waals surface area contributed by atoms with Crippen LogP contribution in [-0.2, 0) is 6.18 Å². The summed E-state index contributed by atoms with van der Waals surface area (Å²) in [5.41, 5.74) is 2.57. The van der Waals surface area contributed by atoms with E-state index in [1.807, 2.05) is 4.90 Å². The van der Waals surface area contributed by atoms with Crippen molar-refractivity contribution in [3.8, 4) is 11.3 Å². The van der Waals surface area contributed by atoms with Crippen molar-refractivity contribution in [2.45, 2.75) is 13.1 Å². The summed E-state index contributed by atoms with van der Waals surface area (Å²) in [7, 11) is 0. The van der Waals surface area contributed by atoms with Gasteiger partial charge in [0.15, 0.2) is 0 Å². The van der Waals surface area contributed by atoms with Gasteiger partial charge in [-0.3, -0.25) is 4.79 Å². The maximum atomic E-state index is 13.2. The first kappa shape index (κ1) is 21.0. The summed E-state index contributed by atoms with van der Waals surface area (Å²) in [5, 5.41) is 0. The molecule has 0 atom stereocenters. The van der Waals surface area contributed by atoms with Crippen molar-refractivity contribution in [2.75, 3.05) is 31.1 Å². The van der Waals surface area contributed by atoms with Gasteiger partial charge in [-0.15, -0.1) is 0 Å². The zero-order valence-electron chi connectivity index (χ0n) is 16.8. The van der Waals surface area contributed by atoms with Crippen molar-refractivity contribution >= 4 is 11.6 Å². The van der Waals surface area contributed by atoms with Gasteiger partial charge in [0.2, 0.25) is 0 Å². The molecule has 1 aromatic heterocycles. The number of alkyl halides is 3. The Morgan fingerprint density at radius 2 is 1.65 bits per heavy atom. The monoisotopic (exact) mass is 431 g/mol. The Bertz CT molecular complexity index is 1080. The SMILES string of the molecule is Cc1[nH]c(-c2ccc(F)cc2)cc1C(=O)N1CCN(c2cccc(C(F)(F)F)c2)CC1. The normalized spacial score (nSPS) is 14.7. The minimum Gasteiger partial charge on any atom is -0.368 e. The number of aromatic amines is 1. The minimum atomic E-state index is -4.39. The Labute approximate surface area is 177 Å². The topological polar surface area (TPSA) is 39.3 Å². The maximum Gasteiger partial charge on any atom is 0.416 e. The fraction of sp³-hybridized carbons (Fsp3) is 0.261. The Hall–Kier alpha value is -3.29. The first-order valence-electron chi connectivity index (χ1n) is 9.89. The largest absolute Gasteiger partial charge is 0.416 e. The highest BCUT2D eigenvalue weighted by atomic mass is 19.4. The number of amides is 1. The fourth-order valence-corrected chi connectivity index (χ4v) is 3.78. The van der Waals surface area contributed by atoms with Gasteiger partial charge in [0.1, 0.15) is 5.82 Å². The third kappa shape index (κ3) is 4.42. The number of nitrogens with zero attached hydrogens (tertiary/aromatic N) is 2. The molecule has 1 amide bonds. The molecule has 0 saturated carbocycles. The lowest BCUT2D eigenvalue weighted by Gasteiger charge is -2.36. The van der Waals surface area contributed by atoms with Crippen LogP contribution in [0.15, 0.2) is 54.6 Å². The van der Waals surface area contributed by atoms with E-state index in [-0.39, 0.29) is 11.7 Å². The van der Waals surface area contributed by atoms with E-state index in [9.17, 15) is 22.4 Å². The van der Waals surface area contributed by atoms with E-state index in [1.165, 1.54) is 18.2 Å². The predicted molar refractivity (Wildman–Crippen MR) is 110 cm³/mol. The van der Waals surface area contributed by atoms with Crippen LogP contribution in [0.3, 0.4) is 0 Å². The van der Waals surface area contributed by atoms with Crippen LogP contribution in [0.2, 0.25) is 0 Å². The van der Waals surface area contributed by atoms with E-state index >= 15 is 0 Å². The van der Waals surface area contributed by atoms with Crippen LogP contribution >= 0.6 is 0 Å². The van der Waals surface area contributed by atoms with Gasteiger partial charge < -0.3 is 14.8 Å². The predicted octanol–water partition coefficient (Wildman–Crippen LogP) is 5.11. The lowest BCUT2D eigenvalue weighted by Crippen LogP contribution is -2.48. The van der Waals surface area contributed by atoms with Crippen molar-refractivity contribution in [1.29, 1.82) is 0 Å². The van der Waals surface area contributed by atoms with Crippen LogP contribution in [0.4, 0.5) is 23.2 Å². The van der Waals surface area contributed by atoms with Crippen LogP contribution < -0.4 is 4.90 Å². The Morgan fingerprint density at radius 1 is 0.968 bits per heavy atom. The maximum absolute atomic E-state index is 13.2. The molecule has 4 rings (SSSR count). The van der Waals surface area contributed by atoms with Crippen molar-refractivity contribution in [1.82, 2.24) is 9.88 Å². The lowest BCUT2D eigenvalue weighted by molar-refractivity contribution is -0.137. The minimum absolute atomic E-state index is 0.134. The summed E-state index contributed by atoms with van der Waals surface area (Å²) < 4.78 is 52.1. The molecule has 1 saturated heterocycles. The van der Waals surface area contributed by atoms with E-state index in [2.05, 4.69) is 4.98 Å². The Balaban J connectivity index is 1.45. The van der Waals surface area contributed by atoms with E-state index < -0.39 is 11.7 Å². The van der Waals surface area contributed by atoms with E-state index in [0.29, 0.717) is 43.1 Å². The molecule has 3 aromatic rings. The van der Waals surface area contributed by atoms with Crippen LogP contribution in [-0.4, -0.2) is 42.0 Å². The molecule has 1 fully saturated rings. The highest BCUT2D eigenvalue weighted by Crippen LogP contribution is 2.32. The fourth-order valence-electron chi connectivity index (χ4n) is 3.78. The van der Waals surface area contributed by atoms with Gasteiger partial charge in [-0.25, -0.2) is 4.39 Å². The van der Waals surface area contributed by atoms with E-state index in [0.717, 1.165) is 23.4 Å². The van der Waals surface area contributed by atoms with Crippen LogP contribution in [0.5, 0.6) is 0 Å². The number of hydrogen-bond donors (Lipinski definition) is 1.